The Morgan fingerprint density at radius 1 is 1.32 bits per heavy atom. The quantitative estimate of drug-likeness (QED) is 0.864. The molecule has 3 N–H and O–H groups in total. The minimum absolute atomic E-state index is 0. The van der Waals surface area contributed by atoms with Gasteiger partial charge in [-0.25, -0.2) is 8.42 Å². The molecule has 22 heavy (non-hydrogen) atoms. The van der Waals surface area contributed by atoms with Crippen LogP contribution in [-0.2, 0) is 14.8 Å². The Labute approximate surface area is 137 Å². The van der Waals surface area contributed by atoms with Gasteiger partial charge in [0, 0.05) is 31.7 Å². The van der Waals surface area contributed by atoms with Crippen molar-refractivity contribution in [3.05, 3.63) is 24.3 Å². The van der Waals surface area contributed by atoms with Crippen molar-refractivity contribution in [2.24, 2.45) is 5.73 Å². The van der Waals surface area contributed by atoms with Crippen molar-refractivity contribution in [1.29, 1.82) is 0 Å². The van der Waals surface area contributed by atoms with Gasteiger partial charge in [-0.15, -0.1) is 12.4 Å². The molecule has 1 aliphatic rings. The Morgan fingerprint density at radius 2 is 1.95 bits per heavy atom. The molecule has 6 nitrogen and oxygen atoms in total. The largest absolute Gasteiger partial charge is 0.329 e. The van der Waals surface area contributed by atoms with E-state index in [9.17, 15) is 13.2 Å². The van der Waals surface area contributed by atoms with E-state index in [4.69, 9.17) is 5.73 Å². The van der Waals surface area contributed by atoms with Crippen molar-refractivity contribution in [3.63, 3.8) is 0 Å². The van der Waals surface area contributed by atoms with Gasteiger partial charge >= 0.3 is 0 Å². The number of nitrogens with two attached hydrogens (primary N) is 1. The summed E-state index contributed by atoms with van der Waals surface area (Å²) >= 11 is 0. The molecule has 0 aliphatic carbocycles. The summed E-state index contributed by atoms with van der Waals surface area (Å²) in [6.45, 7) is 2.26. The number of carbonyl (C=O) groups excluding carboxylic acids is 1. The molecule has 0 bridgehead atoms. The molecule has 1 amide bonds. The number of sulfonamides is 1. The topological polar surface area (TPSA) is 92.5 Å². The van der Waals surface area contributed by atoms with Crippen molar-refractivity contribution in [3.8, 4) is 0 Å². The predicted molar refractivity (Wildman–Crippen MR) is 88.6 cm³/mol. The summed E-state index contributed by atoms with van der Waals surface area (Å²) in [5.74, 6) is -0.190. The van der Waals surface area contributed by atoms with Gasteiger partial charge in [-0.1, -0.05) is 6.42 Å². The van der Waals surface area contributed by atoms with Crippen LogP contribution in [0.25, 0.3) is 0 Å². The van der Waals surface area contributed by atoms with E-state index in [-0.39, 0.29) is 29.3 Å². The lowest BCUT2D eigenvalue weighted by atomic mass is 10.1. The van der Waals surface area contributed by atoms with Crippen molar-refractivity contribution in [1.82, 2.24) is 4.31 Å². The van der Waals surface area contributed by atoms with Gasteiger partial charge in [0.1, 0.15) is 0 Å². The van der Waals surface area contributed by atoms with E-state index < -0.39 is 10.0 Å². The lowest BCUT2D eigenvalue weighted by Crippen LogP contribution is -2.47. The molecule has 1 atom stereocenters. The van der Waals surface area contributed by atoms with Crippen LogP contribution in [-0.4, -0.2) is 37.8 Å². The molecule has 1 saturated heterocycles. The second kappa shape index (κ2) is 7.92. The molecule has 1 aromatic rings. The van der Waals surface area contributed by atoms with Gasteiger partial charge in [-0.3, -0.25) is 4.79 Å². The summed E-state index contributed by atoms with van der Waals surface area (Å²) in [6, 6.07) is 6.09. The molecular weight excluding hydrogens is 326 g/mol. The van der Waals surface area contributed by atoms with Crippen LogP contribution in [0.5, 0.6) is 0 Å². The maximum absolute atomic E-state index is 12.7. The van der Waals surface area contributed by atoms with E-state index >= 15 is 0 Å². The number of benzene rings is 1. The van der Waals surface area contributed by atoms with Gasteiger partial charge in [-0.2, -0.15) is 4.31 Å². The van der Waals surface area contributed by atoms with E-state index in [0.717, 1.165) is 19.3 Å². The minimum atomic E-state index is -3.53. The van der Waals surface area contributed by atoms with Crippen LogP contribution < -0.4 is 11.1 Å². The van der Waals surface area contributed by atoms with Crippen LogP contribution in [0.3, 0.4) is 0 Å². The molecule has 1 heterocycles. The third kappa shape index (κ3) is 4.19. The molecule has 1 fully saturated rings. The molecular formula is C14H22ClN3O3S. The van der Waals surface area contributed by atoms with Gasteiger partial charge in [-0.05, 0) is 37.1 Å². The highest BCUT2D eigenvalue weighted by Gasteiger charge is 2.32. The van der Waals surface area contributed by atoms with Crippen LogP contribution in [0.2, 0.25) is 0 Å². The zero-order valence-electron chi connectivity index (χ0n) is 12.5. The molecule has 0 saturated carbocycles. The number of carbonyl (C=O) groups is 1. The first-order valence-corrected chi connectivity index (χ1v) is 8.48. The van der Waals surface area contributed by atoms with Crippen LogP contribution in [0.1, 0.15) is 26.2 Å². The van der Waals surface area contributed by atoms with Crippen molar-refractivity contribution in [2.75, 3.05) is 18.4 Å². The maximum Gasteiger partial charge on any atom is 0.243 e. The molecule has 1 aromatic carbocycles. The smallest absolute Gasteiger partial charge is 0.243 e. The number of anilines is 1. The fourth-order valence-electron chi connectivity index (χ4n) is 2.57. The number of nitrogens with one attached hydrogen (secondary N) is 1. The second-order valence-corrected chi connectivity index (χ2v) is 7.10. The van der Waals surface area contributed by atoms with E-state index in [1.807, 2.05) is 0 Å². The highest BCUT2D eigenvalue weighted by molar-refractivity contribution is 7.89. The van der Waals surface area contributed by atoms with Crippen molar-refractivity contribution in [2.45, 2.75) is 37.1 Å². The van der Waals surface area contributed by atoms with E-state index in [1.54, 1.807) is 12.1 Å². The predicted octanol–water partition coefficient (Wildman–Crippen LogP) is 1.57. The Hall–Kier alpha value is -1.15. The zero-order chi connectivity index (χ0) is 15.5. The van der Waals surface area contributed by atoms with Crippen LogP contribution in [0.4, 0.5) is 5.69 Å². The van der Waals surface area contributed by atoms with E-state index in [1.165, 1.54) is 23.4 Å². The van der Waals surface area contributed by atoms with Crippen LogP contribution in [0.15, 0.2) is 29.2 Å². The van der Waals surface area contributed by atoms with Crippen LogP contribution >= 0.6 is 12.4 Å². The van der Waals surface area contributed by atoms with Gasteiger partial charge in [0.2, 0.25) is 15.9 Å². The number of hydrogen-bond donors (Lipinski definition) is 2. The fraction of sp³-hybridized carbons (Fsp3) is 0.500. The minimum Gasteiger partial charge on any atom is -0.329 e. The Kier molecular flexibility index (Phi) is 6.80. The number of piperidine rings is 1. The maximum atomic E-state index is 12.7. The van der Waals surface area contributed by atoms with Gasteiger partial charge in [0.25, 0.3) is 0 Å². The van der Waals surface area contributed by atoms with Gasteiger partial charge < -0.3 is 11.1 Å². The van der Waals surface area contributed by atoms with Crippen molar-refractivity contribution >= 4 is 34.0 Å². The zero-order valence-corrected chi connectivity index (χ0v) is 14.1. The number of rotatable bonds is 4. The summed E-state index contributed by atoms with van der Waals surface area (Å²) < 4.78 is 26.8. The molecule has 2 rings (SSSR count). The van der Waals surface area contributed by atoms with Crippen molar-refractivity contribution < 1.29 is 13.2 Å². The van der Waals surface area contributed by atoms with E-state index in [0.29, 0.717) is 18.8 Å². The molecule has 8 heteroatoms. The Bertz CT molecular complexity index is 604. The first-order chi connectivity index (χ1) is 9.95. The fourth-order valence-corrected chi connectivity index (χ4v) is 4.28. The Morgan fingerprint density at radius 3 is 2.50 bits per heavy atom. The normalized spacial score (nSPS) is 19.3. The standard InChI is InChI=1S/C14H21N3O3S.ClH/c1-11(18)16-12-5-7-14(8-6-12)21(19,20)17-9-3-2-4-13(17)10-15;/h5-8,13H,2-4,9-10,15H2,1H3,(H,16,18);1H. The average molecular weight is 348 g/mol. The Balaban J connectivity index is 0.00000242. The molecule has 0 spiro atoms. The summed E-state index contributed by atoms with van der Waals surface area (Å²) in [5.41, 5.74) is 6.27. The van der Waals surface area contributed by atoms with E-state index in [2.05, 4.69) is 5.32 Å². The highest BCUT2D eigenvalue weighted by atomic mass is 35.5. The van der Waals surface area contributed by atoms with Gasteiger partial charge in [0.15, 0.2) is 0 Å². The lowest BCUT2D eigenvalue weighted by Gasteiger charge is -2.33. The molecule has 124 valence electrons. The number of halogens is 1. The third-order valence-electron chi connectivity index (χ3n) is 3.63. The monoisotopic (exact) mass is 347 g/mol. The summed E-state index contributed by atoms with van der Waals surface area (Å²) in [7, 11) is -3.53. The molecule has 0 radical (unpaired) electrons. The number of nitrogens with zero attached hydrogens (tertiary/aromatic N) is 1. The van der Waals surface area contributed by atoms with Gasteiger partial charge in [0.05, 0.1) is 4.90 Å². The van der Waals surface area contributed by atoms with Crippen LogP contribution in [0, 0.1) is 0 Å². The summed E-state index contributed by atoms with van der Waals surface area (Å²) in [5, 5.41) is 2.62. The third-order valence-corrected chi connectivity index (χ3v) is 5.59. The summed E-state index contributed by atoms with van der Waals surface area (Å²) in [4.78, 5) is 11.2. The molecule has 1 unspecified atom stereocenters. The first kappa shape index (κ1) is 18.9. The SMILES string of the molecule is CC(=O)Nc1ccc(S(=O)(=O)N2CCCCC2CN)cc1.Cl. The first-order valence-electron chi connectivity index (χ1n) is 7.04. The molecule has 1 aliphatic heterocycles. The number of hydrogen-bond acceptors (Lipinski definition) is 4. The average Bonchev–Trinajstić information content (AvgIpc) is 2.47. The number of amides is 1. The highest BCUT2D eigenvalue weighted by Crippen LogP contribution is 2.25. The second-order valence-electron chi connectivity index (χ2n) is 5.21. The lowest BCUT2D eigenvalue weighted by molar-refractivity contribution is -0.114. The summed E-state index contributed by atoms with van der Waals surface area (Å²) in [6.07, 6.45) is 2.68. The molecule has 0 aromatic heterocycles.